The van der Waals surface area contributed by atoms with Gasteiger partial charge in [-0.2, -0.15) is 18.3 Å². The second kappa shape index (κ2) is 7.50. The standard InChI is InChI=1S/C21H15F4N7O/c22-13-6-2-1-4-10(13)9-32-20-11(5-3-7-27-20)16(31-32)19-29-17(26)15-12(21(23,24)25)8-14(33)28-18(15)30-19/h1-7,12H,8-9H2,(H3,26,28,29,30,33). The van der Waals surface area contributed by atoms with Gasteiger partial charge in [-0.15, -0.1) is 0 Å². The number of nitrogens with zero attached hydrogens (tertiary/aromatic N) is 5. The Balaban J connectivity index is 1.65. The second-order valence-corrected chi connectivity index (χ2v) is 7.51. The van der Waals surface area contributed by atoms with Crippen LogP contribution in [0.1, 0.15) is 23.5 Å². The molecule has 0 spiro atoms. The molecule has 0 saturated heterocycles. The van der Waals surface area contributed by atoms with Crippen molar-refractivity contribution in [3.05, 3.63) is 59.5 Å². The van der Waals surface area contributed by atoms with Gasteiger partial charge in [-0.1, -0.05) is 18.2 Å². The summed E-state index contributed by atoms with van der Waals surface area (Å²) in [7, 11) is 0. The van der Waals surface area contributed by atoms with Gasteiger partial charge in [-0.05, 0) is 18.2 Å². The normalized spacial score (nSPS) is 16.0. The van der Waals surface area contributed by atoms with E-state index in [-0.39, 0.29) is 29.4 Å². The maximum atomic E-state index is 14.2. The van der Waals surface area contributed by atoms with Gasteiger partial charge in [0.25, 0.3) is 0 Å². The number of anilines is 2. The zero-order valence-electron chi connectivity index (χ0n) is 16.8. The third-order valence-corrected chi connectivity index (χ3v) is 5.36. The molecule has 3 N–H and O–H groups in total. The fourth-order valence-corrected chi connectivity index (χ4v) is 3.85. The van der Waals surface area contributed by atoms with E-state index in [1.54, 1.807) is 30.3 Å². The lowest BCUT2D eigenvalue weighted by atomic mass is 9.92. The van der Waals surface area contributed by atoms with E-state index in [1.807, 2.05) is 0 Å². The molecule has 1 atom stereocenters. The fourth-order valence-electron chi connectivity index (χ4n) is 3.85. The number of carbonyl (C=O) groups is 1. The number of carbonyl (C=O) groups excluding carboxylic acids is 1. The molecule has 8 nitrogen and oxygen atoms in total. The van der Waals surface area contributed by atoms with Gasteiger partial charge in [0.15, 0.2) is 11.5 Å². The van der Waals surface area contributed by atoms with Gasteiger partial charge in [-0.3, -0.25) is 4.79 Å². The first-order valence-corrected chi connectivity index (χ1v) is 9.81. The Morgan fingerprint density at radius 2 is 1.94 bits per heavy atom. The highest BCUT2D eigenvalue weighted by molar-refractivity contribution is 5.96. The number of pyridine rings is 1. The number of amides is 1. The van der Waals surface area contributed by atoms with Crippen molar-refractivity contribution in [2.24, 2.45) is 0 Å². The van der Waals surface area contributed by atoms with Crippen molar-refractivity contribution in [3.8, 4) is 11.5 Å². The zero-order chi connectivity index (χ0) is 23.3. The Hall–Kier alpha value is -4.09. The molecule has 0 radical (unpaired) electrons. The predicted molar refractivity (Wildman–Crippen MR) is 111 cm³/mol. The van der Waals surface area contributed by atoms with E-state index in [4.69, 9.17) is 5.73 Å². The Bertz CT molecular complexity index is 1400. The van der Waals surface area contributed by atoms with Gasteiger partial charge >= 0.3 is 6.18 Å². The maximum Gasteiger partial charge on any atom is 0.396 e. The van der Waals surface area contributed by atoms with Gasteiger partial charge in [0, 0.05) is 23.7 Å². The van der Waals surface area contributed by atoms with Crippen LogP contribution in [0.4, 0.5) is 29.2 Å². The smallest absolute Gasteiger partial charge is 0.383 e. The summed E-state index contributed by atoms with van der Waals surface area (Å²) in [5.74, 6) is -4.15. The van der Waals surface area contributed by atoms with E-state index in [9.17, 15) is 22.4 Å². The SMILES string of the molecule is Nc1nc(-c2nn(Cc3ccccc3F)c3ncccc23)nc2c1C(C(F)(F)F)CC(=O)N2. The molecule has 0 aliphatic carbocycles. The third kappa shape index (κ3) is 3.62. The first kappa shape index (κ1) is 20.8. The number of alkyl halides is 3. The summed E-state index contributed by atoms with van der Waals surface area (Å²) >= 11 is 0. The topological polar surface area (TPSA) is 112 Å². The monoisotopic (exact) mass is 457 g/mol. The average molecular weight is 457 g/mol. The highest BCUT2D eigenvalue weighted by atomic mass is 19.4. The Morgan fingerprint density at radius 1 is 1.15 bits per heavy atom. The van der Waals surface area contributed by atoms with Crippen LogP contribution in [-0.2, 0) is 11.3 Å². The van der Waals surface area contributed by atoms with Crippen molar-refractivity contribution in [2.45, 2.75) is 25.1 Å². The summed E-state index contributed by atoms with van der Waals surface area (Å²) in [4.78, 5) is 24.4. The molecule has 1 unspecified atom stereocenters. The number of rotatable bonds is 3. The lowest BCUT2D eigenvalue weighted by Gasteiger charge is -2.27. The van der Waals surface area contributed by atoms with Crippen LogP contribution in [0.25, 0.3) is 22.6 Å². The number of nitrogen functional groups attached to an aromatic ring is 1. The van der Waals surface area contributed by atoms with Crippen LogP contribution in [0, 0.1) is 5.82 Å². The number of fused-ring (bicyclic) bond motifs is 2. The van der Waals surface area contributed by atoms with Crippen LogP contribution < -0.4 is 11.1 Å². The molecular formula is C21H15F4N7O. The number of halogens is 4. The molecule has 3 aromatic heterocycles. The van der Waals surface area contributed by atoms with Crippen molar-refractivity contribution in [1.82, 2.24) is 24.7 Å². The summed E-state index contributed by atoms with van der Waals surface area (Å²) in [5.41, 5.74) is 6.48. The number of nitrogens with two attached hydrogens (primary N) is 1. The zero-order valence-corrected chi connectivity index (χ0v) is 16.8. The van der Waals surface area contributed by atoms with Crippen molar-refractivity contribution in [2.75, 3.05) is 11.1 Å². The minimum Gasteiger partial charge on any atom is -0.383 e. The maximum absolute atomic E-state index is 14.2. The summed E-state index contributed by atoms with van der Waals surface area (Å²) in [5, 5.41) is 7.28. The molecule has 1 amide bonds. The minimum absolute atomic E-state index is 0.0491. The molecule has 5 rings (SSSR count). The van der Waals surface area contributed by atoms with Crippen LogP contribution in [0.3, 0.4) is 0 Å². The Labute approximate surface area is 183 Å². The summed E-state index contributed by atoms with van der Waals surface area (Å²) in [6.45, 7) is 0.0491. The van der Waals surface area contributed by atoms with E-state index >= 15 is 0 Å². The van der Waals surface area contributed by atoms with Crippen LogP contribution >= 0.6 is 0 Å². The molecule has 12 heteroatoms. The van der Waals surface area contributed by atoms with Crippen molar-refractivity contribution < 1.29 is 22.4 Å². The van der Waals surface area contributed by atoms with Crippen LogP contribution in [0.15, 0.2) is 42.6 Å². The van der Waals surface area contributed by atoms with Crippen LogP contribution in [0.2, 0.25) is 0 Å². The molecule has 4 heterocycles. The largest absolute Gasteiger partial charge is 0.396 e. The molecule has 4 aromatic rings. The molecule has 0 saturated carbocycles. The lowest BCUT2D eigenvalue weighted by molar-refractivity contribution is -0.156. The van der Waals surface area contributed by atoms with Crippen molar-refractivity contribution in [3.63, 3.8) is 0 Å². The van der Waals surface area contributed by atoms with E-state index in [0.29, 0.717) is 16.6 Å². The van der Waals surface area contributed by atoms with Crippen LogP contribution in [0.5, 0.6) is 0 Å². The molecule has 1 aromatic carbocycles. The lowest BCUT2D eigenvalue weighted by Crippen LogP contribution is -2.33. The first-order chi connectivity index (χ1) is 15.7. The third-order valence-electron chi connectivity index (χ3n) is 5.36. The van der Waals surface area contributed by atoms with Crippen molar-refractivity contribution in [1.29, 1.82) is 0 Å². The summed E-state index contributed by atoms with van der Waals surface area (Å²) in [6.07, 6.45) is -3.96. The predicted octanol–water partition coefficient (Wildman–Crippen LogP) is 3.65. The number of nitrogens with one attached hydrogen (secondary N) is 1. The molecule has 33 heavy (non-hydrogen) atoms. The number of aromatic nitrogens is 5. The molecular weight excluding hydrogens is 442 g/mol. The Morgan fingerprint density at radius 3 is 2.70 bits per heavy atom. The summed E-state index contributed by atoms with van der Waals surface area (Å²) < 4.78 is 56.1. The van der Waals surface area contributed by atoms with E-state index in [0.717, 1.165) is 0 Å². The molecule has 0 bridgehead atoms. The van der Waals surface area contributed by atoms with Gasteiger partial charge in [0.05, 0.1) is 17.8 Å². The van der Waals surface area contributed by atoms with Crippen LogP contribution in [-0.4, -0.2) is 36.8 Å². The first-order valence-electron chi connectivity index (χ1n) is 9.81. The van der Waals surface area contributed by atoms with Gasteiger partial charge in [0.2, 0.25) is 5.91 Å². The minimum atomic E-state index is -4.69. The van der Waals surface area contributed by atoms with Gasteiger partial charge in [-0.25, -0.2) is 24.0 Å². The number of hydrogen-bond acceptors (Lipinski definition) is 6. The number of benzene rings is 1. The van der Waals surface area contributed by atoms with Gasteiger partial charge < -0.3 is 11.1 Å². The second-order valence-electron chi connectivity index (χ2n) is 7.51. The fraction of sp³-hybridized carbons (Fsp3) is 0.190. The quantitative estimate of drug-likeness (QED) is 0.455. The molecule has 0 fully saturated rings. The van der Waals surface area contributed by atoms with Gasteiger partial charge in [0.1, 0.15) is 23.1 Å². The van der Waals surface area contributed by atoms with E-state index < -0.39 is 36.1 Å². The van der Waals surface area contributed by atoms with E-state index in [1.165, 1.54) is 16.9 Å². The molecule has 1 aliphatic heterocycles. The average Bonchev–Trinajstić information content (AvgIpc) is 3.12. The highest BCUT2D eigenvalue weighted by Gasteiger charge is 2.47. The highest BCUT2D eigenvalue weighted by Crippen LogP contribution is 2.45. The molecule has 1 aliphatic rings. The van der Waals surface area contributed by atoms with E-state index in [2.05, 4.69) is 25.4 Å². The molecule has 168 valence electrons. The Kier molecular flexibility index (Phi) is 4.73. The van der Waals surface area contributed by atoms with Crippen molar-refractivity contribution >= 4 is 28.6 Å². The summed E-state index contributed by atoms with van der Waals surface area (Å²) in [6, 6.07) is 9.50. The number of hydrogen-bond donors (Lipinski definition) is 2.